The highest BCUT2D eigenvalue weighted by Crippen LogP contribution is 2.61. The summed E-state index contributed by atoms with van der Waals surface area (Å²) >= 11 is 0. The van der Waals surface area contributed by atoms with E-state index in [1.54, 1.807) is 32.5 Å². The highest BCUT2D eigenvalue weighted by Gasteiger charge is 2.58. The molecule has 112 valence electrons. The molecule has 2 atom stereocenters. The highest BCUT2D eigenvalue weighted by atomic mass is 16.5. The first-order chi connectivity index (χ1) is 12.6. The van der Waals surface area contributed by atoms with E-state index in [-0.39, 0.29) is 23.1 Å². The first-order valence-corrected chi connectivity index (χ1v) is 8.15. The topological polar surface area (TPSA) is 56.8 Å². The molecule has 1 fully saturated rings. The lowest BCUT2D eigenvalue weighted by Gasteiger charge is -2.17. The molecule has 0 amide bonds. The van der Waals surface area contributed by atoms with Crippen LogP contribution in [-0.2, 0) is 6.42 Å². The summed E-state index contributed by atoms with van der Waals surface area (Å²) in [6.45, 7) is -0.0588. The molecule has 1 saturated heterocycles. The van der Waals surface area contributed by atoms with Crippen molar-refractivity contribution < 1.29 is 4.74 Å². The van der Waals surface area contributed by atoms with Crippen molar-refractivity contribution in [1.82, 2.24) is 0 Å². The summed E-state index contributed by atoms with van der Waals surface area (Å²) in [5, 5.41) is 17.8. The van der Waals surface area contributed by atoms with Gasteiger partial charge in [-0.05, 0) is 42.3 Å². The van der Waals surface area contributed by atoms with Crippen LogP contribution in [0, 0.1) is 22.7 Å². The van der Waals surface area contributed by atoms with Crippen LogP contribution in [0.15, 0.2) is 42.5 Å². The molecular formula is C17H10B6N2O. The van der Waals surface area contributed by atoms with Gasteiger partial charge in [0.15, 0.2) is 0 Å². The van der Waals surface area contributed by atoms with Crippen molar-refractivity contribution in [2.24, 2.45) is 0 Å². The van der Waals surface area contributed by atoms with Gasteiger partial charge in [0.2, 0.25) is 0 Å². The number of nitriles is 2. The van der Waals surface area contributed by atoms with Crippen molar-refractivity contribution in [3.05, 3.63) is 59.2 Å². The minimum Gasteiger partial charge on any atom is -0.457 e. The van der Waals surface area contributed by atoms with Crippen LogP contribution in [0.5, 0.6) is 11.5 Å². The van der Waals surface area contributed by atoms with E-state index in [1.807, 2.05) is 36.4 Å². The van der Waals surface area contributed by atoms with Gasteiger partial charge in [-0.15, -0.1) is 10.9 Å². The van der Waals surface area contributed by atoms with Gasteiger partial charge >= 0.3 is 0 Å². The monoisotopic (exact) mass is 321 g/mol. The van der Waals surface area contributed by atoms with Crippen molar-refractivity contribution in [1.29, 1.82) is 10.5 Å². The predicted octanol–water partition coefficient (Wildman–Crippen LogP) is 1.54. The molecule has 0 aliphatic carbocycles. The van der Waals surface area contributed by atoms with Crippen molar-refractivity contribution in [2.75, 3.05) is 0 Å². The Morgan fingerprint density at radius 1 is 1.04 bits per heavy atom. The minimum atomic E-state index is -0.286. The third kappa shape index (κ3) is 3.32. The Bertz CT molecular complexity index is 892. The summed E-state index contributed by atoms with van der Waals surface area (Å²) in [6.07, 6.45) is 0.707. The molecule has 1 heterocycles. The second-order valence-corrected chi connectivity index (χ2v) is 6.38. The molecule has 2 aromatic rings. The van der Waals surface area contributed by atoms with E-state index >= 15 is 0 Å². The van der Waals surface area contributed by atoms with Gasteiger partial charge in [-0.3, -0.25) is 0 Å². The molecule has 2 aromatic carbocycles. The van der Waals surface area contributed by atoms with E-state index in [4.69, 9.17) is 38.5 Å². The molecule has 1 aliphatic heterocycles. The fraction of sp³-hybridized carbons (Fsp3) is 0.176. The average molecular weight is 321 g/mol. The first kappa shape index (κ1) is 18.4. The van der Waals surface area contributed by atoms with Crippen molar-refractivity contribution >= 4 is 44.2 Å². The lowest BCUT2D eigenvalue weighted by Crippen LogP contribution is -2.15. The van der Waals surface area contributed by atoms with Gasteiger partial charge in [-0.1, -0.05) is 12.1 Å². The maximum Gasteiger partial charge on any atom is 0.128 e. The first-order valence-electron chi connectivity index (χ1n) is 8.15. The van der Waals surface area contributed by atoms with E-state index in [1.165, 1.54) is 0 Å². The number of hydrogen-bond acceptors (Lipinski definition) is 3. The molecule has 0 N–H and O–H groups in total. The Balaban J connectivity index is 1.71. The van der Waals surface area contributed by atoms with Gasteiger partial charge in [-0.2, -0.15) is 10.5 Å². The van der Waals surface area contributed by atoms with Gasteiger partial charge in [0.1, 0.15) is 23.6 Å². The van der Waals surface area contributed by atoms with Crippen LogP contribution < -0.4 is 4.74 Å². The fourth-order valence-electron chi connectivity index (χ4n) is 3.28. The van der Waals surface area contributed by atoms with E-state index in [0.717, 1.165) is 5.56 Å². The SMILES string of the molecule is [B][10B]C1[10B]([B])C1([10B][B])Cc1ccc(Oc2ccc(C#N)c(C#N)c2)cc1. The van der Waals surface area contributed by atoms with E-state index in [2.05, 4.69) is 0 Å². The summed E-state index contributed by atoms with van der Waals surface area (Å²) in [7, 11) is 20.8. The van der Waals surface area contributed by atoms with Crippen LogP contribution in [-0.4, -0.2) is 44.2 Å². The third-order valence-corrected chi connectivity index (χ3v) is 4.94. The zero-order valence-corrected chi connectivity index (χ0v) is 14.1. The van der Waals surface area contributed by atoms with E-state index in [9.17, 15) is 0 Å². The Labute approximate surface area is 159 Å². The van der Waals surface area contributed by atoms with E-state index in [0.29, 0.717) is 23.5 Å². The molecule has 0 spiro atoms. The molecule has 2 unspecified atom stereocenters. The maximum absolute atomic E-state index is 9.09. The Hall–Kier alpha value is -2.39. The minimum absolute atomic E-state index is 0.0588. The Kier molecular flexibility index (Phi) is 5.28. The zero-order valence-electron chi connectivity index (χ0n) is 14.1. The van der Waals surface area contributed by atoms with Crippen LogP contribution >= 0.6 is 0 Å². The van der Waals surface area contributed by atoms with Crippen LogP contribution in [0.25, 0.3) is 0 Å². The second-order valence-electron chi connectivity index (χ2n) is 6.38. The maximum atomic E-state index is 9.09. The van der Waals surface area contributed by atoms with Gasteiger partial charge in [0, 0.05) is 30.4 Å². The van der Waals surface area contributed by atoms with Crippen molar-refractivity contribution in [3.63, 3.8) is 0 Å². The molecule has 0 saturated carbocycles. The quantitative estimate of drug-likeness (QED) is 0.759. The summed E-state index contributed by atoms with van der Waals surface area (Å²) < 4.78 is 5.77. The summed E-state index contributed by atoms with van der Waals surface area (Å²) in [5.41, 5.74) is 1.78. The standard InChI is InChI=1S/C17H10B6N2O/c18-21-16-17(22-19,23(16)20)8-11-1-4-14(5-2-11)26-15-6-3-12(9-24)13(7-15)10-25/h1-7,16H,8H2/i21-1,22-1,23-1. The summed E-state index contributed by atoms with van der Waals surface area (Å²) in [6, 6.07) is 16.4. The summed E-state index contributed by atoms with van der Waals surface area (Å²) in [5.74, 6) is 1.14. The van der Waals surface area contributed by atoms with Gasteiger partial charge < -0.3 is 4.74 Å². The van der Waals surface area contributed by atoms with Gasteiger partial charge in [0.05, 0.1) is 24.9 Å². The number of nitrogens with zero attached hydrogens (tertiary/aromatic N) is 2. The van der Waals surface area contributed by atoms with Crippen LogP contribution in [0.2, 0.25) is 10.9 Å². The molecule has 3 rings (SSSR count). The average Bonchev–Trinajstić information content (AvgIpc) is 3.25. The molecule has 1 aliphatic rings. The smallest absolute Gasteiger partial charge is 0.128 e. The second kappa shape index (κ2) is 7.46. The molecule has 0 bridgehead atoms. The molecule has 8 radical (unpaired) electrons. The normalized spacial score (nSPS) is 20.5. The largest absolute Gasteiger partial charge is 0.457 e. The Morgan fingerprint density at radius 3 is 2.23 bits per heavy atom. The fourth-order valence-corrected chi connectivity index (χ4v) is 3.28. The van der Waals surface area contributed by atoms with E-state index < -0.39 is 0 Å². The lowest BCUT2D eigenvalue weighted by atomic mass is 8.78. The molecule has 9 heteroatoms. The van der Waals surface area contributed by atoms with Crippen molar-refractivity contribution in [3.8, 4) is 23.6 Å². The third-order valence-electron chi connectivity index (χ3n) is 4.94. The van der Waals surface area contributed by atoms with Crippen LogP contribution in [0.4, 0.5) is 0 Å². The number of rotatable bonds is 6. The molecule has 0 aromatic heterocycles. The number of benzene rings is 2. The molecule has 3 nitrogen and oxygen atoms in total. The van der Waals surface area contributed by atoms with Crippen LogP contribution in [0.3, 0.4) is 0 Å². The zero-order chi connectivity index (χ0) is 18.7. The van der Waals surface area contributed by atoms with Crippen molar-refractivity contribution in [2.45, 2.75) is 17.4 Å². The number of hydrogen-bond donors (Lipinski definition) is 0. The van der Waals surface area contributed by atoms with Crippen LogP contribution in [0.1, 0.15) is 16.7 Å². The molecular weight excluding hydrogens is 311 g/mol. The highest BCUT2D eigenvalue weighted by molar-refractivity contribution is 7.28. The molecule has 26 heavy (non-hydrogen) atoms. The predicted molar refractivity (Wildman–Crippen MR) is 107 cm³/mol. The number of ether oxygens (including phenoxy) is 1. The van der Waals surface area contributed by atoms with Gasteiger partial charge in [-0.25, -0.2) is 0 Å². The lowest BCUT2D eigenvalue weighted by molar-refractivity contribution is 0.482. The Morgan fingerprint density at radius 2 is 1.69 bits per heavy atom. The summed E-state index contributed by atoms with van der Waals surface area (Å²) in [4.78, 5) is 0. The van der Waals surface area contributed by atoms with Gasteiger partial charge in [0.25, 0.3) is 0 Å².